The van der Waals surface area contributed by atoms with Crippen molar-refractivity contribution in [1.29, 1.82) is 0 Å². The predicted molar refractivity (Wildman–Crippen MR) is 99.5 cm³/mol. The third kappa shape index (κ3) is 3.97. The van der Waals surface area contributed by atoms with Crippen LogP contribution < -0.4 is 16.0 Å². The van der Waals surface area contributed by atoms with Crippen LogP contribution in [0.3, 0.4) is 0 Å². The van der Waals surface area contributed by atoms with Crippen molar-refractivity contribution in [2.24, 2.45) is 17.8 Å². The van der Waals surface area contributed by atoms with Crippen LogP contribution in [0.15, 0.2) is 24.3 Å². The van der Waals surface area contributed by atoms with Crippen molar-refractivity contribution in [3.8, 4) is 0 Å². The number of rotatable bonds is 6. The molecule has 2 amide bonds. The van der Waals surface area contributed by atoms with Crippen molar-refractivity contribution < 1.29 is 9.59 Å². The molecule has 1 aromatic carbocycles. The average molecular weight is 343 g/mol. The highest BCUT2D eigenvalue weighted by atomic mass is 16.2. The highest BCUT2D eigenvalue weighted by Crippen LogP contribution is 2.49. The maximum atomic E-state index is 12.5. The Morgan fingerprint density at radius 2 is 1.96 bits per heavy atom. The fraction of sp³-hybridized carbons (Fsp3) is 0.600. The van der Waals surface area contributed by atoms with Gasteiger partial charge in [0.15, 0.2) is 0 Å². The number of anilines is 1. The molecule has 5 heteroatoms. The van der Waals surface area contributed by atoms with E-state index in [1.165, 1.54) is 25.7 Å². The van der Waals surface area contributed by atoms with Crippen LogP contribution in [0.1, 0.15) is 49.9 Å². The summed E-state index contributed by atoms with van der Waals surface area (Å²) in [5, 5.41) is 9.00. The smallest absolute Gasteiger partial charge is 0.251 e. The molecule has 2 fully saturated rings. The van der Waals surface area contributed by atoms with Crippen LogP contribution in [0, 0.1) is 17.8 Å². The Bertz CT molecular complexity index is 646. The minimum Gasteiger partial charge on any atom is -0.374 e. The van der Waals surface area contributed by atoms with Gasteiger partial charge in [0.2, 0.25) is 5.91 Å². The second-order valence-electron chi connectivity index (χ2n) is 7.66. The van der Waals surface area contributed by atoms with E-state index in [4.69, 9.17) is 0 Å². The molecule has 5 nitrogen and oxygen atoms in total. The van der Waals surface area contributed by atoms with Gasteiger partial charge in [-0.05, 0) is 69.1 Å². The van der Waals surface area contributed by atoms with Gasteiger partial charge in [0.1, 0.15) is 6.04 Å². The molecule has 0 unspecified atom stereocenters. The standard InChI is InChI=1S/C20H29N3O2/c1-12(18-10-14-7-8-15(18)9-14)23-19(24)13(2)22-17-6-4-5-16(11-17)20(25)21-3/h4-6,11-15,18,22H,7-10H2,1-3H3,(H,21,25)(H,23,24)/t12-,13-,14+,15+,18-/m1/s1. The van der Waals surface area contributed by atoms with E-state index >= 15 is 0 Å². The molecule has 1 aromatic rings. The fourth-order valence-corrected chi connectivity index (χ4v) is 4.57. The van der Waals surface area contributed by atoms with Gasteiger partial charge < -0.3 is 16.0 Å². The Balaban J connectivity index is 1.55. The molecule has 2 bridgehead atoms. The van der Waals surface area contributed by atoms with Gasteiger partial charge in [0, 0.05) is 24.3 Å². The van der Waals surface area contributed by atoms with Crippen LogP contribution in [0.25, 0.3) is 0 Å². The van der Waals surface area contributed by atoms with Crippen molar-refractivity contribution in [3.05, 3.63) is 29.8 Å². The number of carbonyl (C=O) groups excluding carboxylic acids is 2. The lowest BCUT2D eigenvalue weighted by molar-refractivity contribution is -0.122. The summed E-state index contributed by atoms with van der Waals surface area (Å²) in [4.78, 5) is 24.3. The fourth-order valence-electron chi connectivity index (χ4n) is 4.57. The zero-order valence-electron chi connectivity index (χ0n) is 15.3. The molecule has 2 aliphatic carbocycles. The molecule has 0 aromatic heterocycles. The van der Waals surface area contributed by atoms with Gasteiger partial charge in [-0.25, -0.2) is 0 Å². The first kappa shape index (κ1) is 17.8. The van der Waals surface area contributed by atoms with E-state index in [0.29, 0.717) is 11.5 Å². The van der Waals surface area contributed by atoms with E-state index in [1.54, 1.807) is 19.2 Å². The first-order chi connectivity index (χ1) is 12.0. The van der Waals surface area contributed by atoms with E-state index in [-0.39, 0.29) is 23.9 Å². The number of carbonyl (C=O) groups is 2. The largest absolute Gasteiger partial charge is 0.374 e. The SMILES string of the molecule is CNC(=O)c1cccc(N[C@H](C)C(=O)N[C@H](C)[C@H]2C[C@H]3CC[C@H]2C3)c1. The molecule has 0 spiro atoms. The summed E-state index contributed by atoms with van der Waals surface area (Å²) in [6.45, 7) is 4.00. The summed E-state index contributed by atoms with van der Waals surface area (Å²) in [6.07, 6.45) is 5.32. The predicted octanol–water partition coefficient (Wildman–Crippen LogP) is 2.79. The molecule has 0 heterocycles. The summed E-state index contributed by atoms with van der Waals surface area (Å²) in [6, 6.07) is 7.09. The van der Waals surface area contributed by atoms with Crippen molar-refractivity contribution in [2.75, 3.05) is 12.4 Å². The highest BCUT2D eigenvalue weighted by molar-refractivity contribution is 5.95. The number of hydrogen-bond donors (Lipinski definition) is 3. The molecule has 0 radical (unpaired) electrons. The van der Waals surface area contributed by atoms with Crippen LogP contribution in [0.5, 0.6) is 0 Å². The Morgan fingerprint density at radius 1 is 1.16 bits per heavy atom. The first-order valence-electron chi connectivity index (χ1n) is 9.37. The van der Waals surface area contributed by atoms with Crippen molar-refractivity contribution in [2.45, 2.75) is 51.6 Å². The molecule has 3 rings (SSSR count). The van der Waals surface area contributed by atoms with Gasteiger partial charge in [0.05, 0.1) is 0 Å². The second-order valence-corrected chi connectivity index (χ2v) is 7.66. The van der Waals surface area contributed by atoms with Gasteiger partial charge in [-0.1, -0.05) is 12.5 Å². The van der Waals surface area contributed by atoms with E-state index in [1.807, 2.05) is 19.1 Å². The monoisotopic (exact) mass is 343 g/mol. The van der Waals surface area contributed by atoms with E-state index in [9.17, 15) is 9.59 Å². The van der Waals surface area contributed by atoms with Gasteiger partial charge in [-0.3, -0.25) is 9.59 Å². The highest BCUT2D eigenvalue weighted by Gasteiger charge is 2.42. The Labute approximate surface area is 150 Å². The van der Waals surface area contributed by atoms with Crippen LogP contribution in [0.2, 0.25) is 0 Å². The van der Waals surface area contributed by atoms with Gasteiger partial charge in [-0.15, -0.1) is 0 Å². The number of fused-ring (bicyclic) bond motifs is 2. The van der Waals surface area contributed by atoms with Crippen LogP contribution in [0.4, 0.5) is 5.69 Å². The zero-order valence-corrected chi connectivity index (χ0v) is 15.3. The summed E-state index contributed by atoms with van der Waals surface area (Å²) < 4.78 is 0. The minimum atomic E-state index is -0.346. The van der Waals surface area contributed by atoms with E-state index < -0.39 is 0 Å². The van der Waals surface area contributed by atoms with E-state index in [2.05, 4.69) is 22.9 Å². The number of benzene rings is 1. The van der Waals surface area contributed by atoms with Crippen LogP contribution >= 0.6 is 0 Å². The van der Waals surface area contributed by atoms with Crippen LogP contribution in [-0.4, -0.2) is 30.9 Å². The molecule has 2 aliphatic rings. The summed E-state index contributed by atoms with van der Waals surface area (Å²) in [5.41, 5.74) is 1.35. The lowest BCUT2D eigenvalue weighted by Gasteiger charge is -2.29. The van der Waals surface area contributed by atoms with Gasteiger partial charge in [0.25, 0.3) is 5.91 Å². The normalized spacial score (nSPS) is 26.8. The molecular weight excluding hydrogens is 314 g/mol. The molecule has 5 atom stereocenters. The van der Waals surface area contributed by atoms with Gasteiger partial charge in [-0.2, -0.15) is 0 Å². The Morgan fingerprint density at radius 3 is 2.60 bits per heavy atom. The molecule has 0 saturated heterocycles. The lowest BCUT2D eigenvalue weighted by atomic mass is 9.84. The lowest BCUT2D eigenvalue weighted by Crippen LogP contribution is -2.46. The quantitative estimate of drug-likeness (QED) is 0.744. The number of amides is 2. The number of hydrogen-bond acceptors (Lipinski definition) is 3. The van der Waals surface area contributed by atoms with Gasteiger partial charge >= 0.3 is 0 Å². The molecule has 3 N–H and O–H groups in total. The Hall–Kier alpha value is -2.04. The second kappa shape index (κ2) is 7.46. The Kier molecular flexibility index (Phi) is 5.30. The van der Waals surface area contributed by atoms with Crippen molar-refractivity contribution in [1.82, 2.24) is 10.6 Å². The van der Waals surface area contributed by atoms with E-state index in [0.717, 1.165) is 17.5 Å². The molecule has 2 saturated carbocycles. The molecule has 25 heavy (non-hydrogen) atoms. The zero-order chi connectivity index (χ0) is 18.0. The molecule has 136 valence electrons. The third-order valence-corrected chi connectivity index (χ3v) is 5.93. The maximum Gasteiger partial charge on any atom is 0.251 e. The average Bonchev–Trinajstić information content (AvgIpc) is 3.24. The van der Waals surface area contributed by atoms with Crippen LogP contribution in [-0.2, 0) is 4.79 Å². The number of nitrogens with one attached hydrogen (secondary N) is 3. The summed E-state index contributed by atoms with van der Waals surface area (Å²) >= 11 is 0. The molecular formula is C20H29N3O2. The minimum absolute atomic E-state index is 0.0145. The molecule has 0 aliphatic heterocycles. The van der Waals surface area contributed by atoms with Crippen molar-refractivity contribution >= 4 is 17.5 Å². The first-order valence-corrected chi connectivity index (χ1v) is 9.37. The topological polar surface area (TPSA) is 70.2 Å². The van der Waals surface area contributed by atoms with Crippen molar-refractivity contribution in [3.63, 3.8) is 0 Å². The summed E-state index contributed by atoms with van der Waals surface area (Å²) in [5.74, 6) is 2.20. The summed E-state index contributed by atoms with van der Waals surface area (Å²) in [7, 11) is 1.61. The third-order valence-electron chi connectivity index (χ3n) is 5.93. The maximum absolute atomic E-state index is 12.5.